The summed E-state index contributed by atoms with van der Waals surface area (Å²) in [6, 6.07) is 0. The van der Waals surface area contributed by atoms with E-state index in [0.29, 0.717) is 13.0 Å². The van der Waals surface area contributed by atoms with Crippen LogP contribution in [-0.2, 0) is 9.53 Å². The third-order valence-corrected chi connectivity index (χ3v) is 1.95. The minimum Gasteiger partial charge on any atom is -0.481 e. The van der Waals surface area contributed by atoms with Crippen molar-refractivity contribution in [1.29, 1.82) is 0 Å². The van der Waals surface area contributed by atoms with Gasteiger partial charge in [0.05, 0.1) is 6.61 Å². The van der Waals surface area contributed by atoms with Crippen LogP contribution in [0.25, 0.3) is 0 Å². The Morgan fingerprint density at radius 2 is 1.94 bits per heavy atom. The molecule has 0 rings (SSSR count). The zero-order chi connectivity index (χ0) is 12.8. The fourth-order valence-corrected chi connectivity index (χ4v) is 1.04. The van der Waals surface area contributed by atoms with Crippen LogP contribution in [0, 0.1) is 5.92 Å². The SMILES string of the molecule is CC(C)COC(=O)NC(C)(C)CCC(=O)O. The average molecular weight is 231 g/mol. The molecule has 0 aliphatic heterocycles. The molecule has 0 radical (unpaired) electrons. The summed E-state index contributed by atoms with van der Waals surface area (Å²) in [7, 11) is 0. The monoisotopic (exact) mass is 231 g/mol. The quantitative estimate of drug-likeness (QED) is 0.733. The number of carboxylic acids is 1. The number of alkyl carbamates (subject to hydrolysis) is 1. The summed E-state index contributed by atoms with van der Waals surface area (Å²) in [6.07, 6.45) is -0.0968. The van der Waals surface area contributed by atoms with Gasteiger partial charge in [0.25, 0.3) is 0 Å². The first-order valence-corrected chi connectivity index (χ1v) is 5.39. The number of hydrogen-bond acceptors (Lipinski definition) is 3. The predicted molar refractivity (Wildman–Crippen MR) is 60.3 cm³/mol. The summed E-state index contributed by atoms with van der Waals surface area (Å²) in [5.74, 6) is -0.585. The molecule has 0 aliphatic carbocycles. The molecule has 0 saturated carbocycles. The van der Waals surface area contributed by atoms with Crippen LogP contribution in [0.1, 0.15) is 40.5 Å². The van der Waals surface area contributed by atoms with Crippen LogP contribution in [-0.4, -0.2) is 29.3 Å². The van der Waals surface area contributed by atoms with Crippen LogP contribution in [0.4, 0.5) is 4.79 Å². The number of nitrogens with one attached hydrogen (secondary N) is 1. The number of carboxylic acid groups (broad SMARTS) is 1. The van der Waals surface area contributed by atoms with Crippen LogP contribution in [0.15, 0.2) is 0 Å². The maximum Gasteiger partial charge on any atom is 0.407 e. The summed E-state index contributed by atoms with van der Waals surface area (Å²) in [5, 5.41) is 11.2. The van der Waals surface area contributed by atoms with E-state index in [1.165, 1.54) is 0 Å². The highest BCUT2D eigenvalue weighted by atomic mass is 16.5. The molecule has 5 heteroatoms. The predicted octanol–water partition coefficient (Wildman–Crippen LogP) is 2.01. The second kappa shape index (κ2) is 6.35. The molecule has 2 N–H and O–H groups in total. The molecular weight excluding hydrogens is 210 g/mol. The van der Waals surface area contributed by atoms with E-state index in [1.54, 1.807) is 13.8 Å². The van der Waals surface area contributed by atoms with Crippen molar-refractivity contribution < 1.29 is 19.4 Å². The summed E-state index contributed by atoms with van der Waals surface area (Å²) < 4.78 is 4.95. The highest BCUT2D eigenvalue weighted by molar-refractivity contribution is 5.69. The van der Waals surface area contributed by atoms with Crippen LogP contribution < -0.4 is 5.32 Å². The number of ether oxygens (including phenoxy) is 1. The van der Waals surface area contributed by atoms with Crippen molar-refractivity contribution in [3.05, 3.63) is 0 Å². The molecule has 94 valence electrons. The van der Waals surface area contributed by atoms with Crippen LogP contribution in [0.3, 0.4) is 0 Å². The third kappa shape index (κ3) is 8.08. The van der Waals surface area contributed by atoms with Crippen molar-refractivity contribution in [3.63, 3.8) is 0 Å². The fourth-order valence-electron chi connectivity index (χ4n) is 1.04. The van der Waals surface area contributed by atoms with E-state index in [1.807, 2.05) is 13.8 Å². The molecule has 0 aromatic carbocycles. The van der Waals surface area contributed by atoms with Gasteiger partial charge in [0.15, 0.2) is 0 Å². The van der Waals surface area contributed by atoms with Gasteiger partial charge in [0.2, 0.25) is 0 Å². The molecule has 0 spiro atoms. The Bertz CT molecular complexity index is 248. The van der Waals surface area contributed by atoms with Crippen molar-refractivity contribution in [2.24, 2.45) is 5.92 Å². The Morgan fingerprint density at radius 1 is 1.38 bits per heavy atom. The third-order valence-electron chi connectivity index (χ3n) is 1.95. The number of carbonyl (C=O) groups excluding carboxylic acids is 1. The van der Waals surface area contributed by atoms with E-state index < -0.39 is 17.6 Å². The molecule has 0 heterocycles. The Morgan fingerprint density at radius 3 is 2.38 bits per heavy atom. The van der Waals surface area contributed by atoms with Crippen molar-refractivity contribution in [2.75, 3.05) is 6.61 Å². The first-order chi connectivity index (χ1) is 7.23. The van der Waals surface area contributed by atoms with Crippen molar-refractivity contribution in [3.8, 4) is 0 Å². The first-order valence-electron chi connectivity index (χ1n) is 5.39. The van der Waals surface area contributed by atoms with Gasteiger partial charge in [-0.15, -0.1) is 0 Å². The second-order valence-corrected chi connectivity index (χ2v) is 4.89. The molecule has 0 aromatic heterocycles. The maximum absolute atomic E-state index is 11.3. The highest BCUT2D eigenvalue weighted by Crippen LogP contribution is 2.11. The minimum absolute atomic E-state index is 0.0253. The molecule has 5 nitrogen and oxygen atoms in total. The Kier molecular flexibility index (Phi) is 5.85. The number of carbonyl (C=O) groups is 2. The lowest BCUT2D eigenvalue weighted by Crippen LogP contribution is -2.44. The minimum atomic E-state index is -0.870. The van der Waals surface area contributed by atoms with E-state index in [0.717, 1.165) is 0 Å². The zero-order valence-corrected chi connectivity index (χ0v) is 10.4. The van der Waals surface area contributed by atoms with Crippen LogP contribution in [0.2, 0.25) is 0 Å². The standard InChI is InChI=1S/C11H21NO4/c1-8(2)7-16-10(15)12-11(3,4)6-5-9(13)14/h8H,5-7H2,1-4H3,(H,12,15)(H,13,14). The molecule has 0 aliphatic rings. The van der Waals surface area contributed by atoms with Gasteiger partial charge in [0.1, 0.15) is 0 Å². The summed E-state index contributed by atoms with van der Waals surface area (Å²) in [6.45, 7) is 7.80. The second-order valence-electron chi connectivity index (χ2n) is 4.89. The van der Waals surface area contributed by atoms with Crippen LogP contribution in [0.5, 0.6) is 0 Å². The maximum atomic E-state index is 11.3. The van der Waals surface area contributed by atoms with Gasteiger partial charge in [-0.1, -0.05) is 13.8 Å². The molecule has 16 heavy (non-hydrogen) atoms. The normalized spacial score (nSPS) is 11.3. The Hall–Kier alpha value is -1.26. The topological polar surface area (TPSA) is 75.6 Å². The molecule has 0 saturated heterocycles. The van der Waals surface area contributed by atoms with Gasteiger partial charge in [0, 0.05) is 12.0 Å². The van der Waals surface area contributed by atoms with E-state index in [2.05, 4.69) is 5.32 Å². The molecule has 0 unspecified atom stereocenters. The Balaban J connectivity index is 3.94. The van der Waals surface area contributed by atoms with Gasteiger partial charge < -0.3 is 15.2 Å². The van der Waals surface area contributed by atoms with Crippen molar-refractivity contribution in [1.82, 2.24) is 5.32 Å². The summed E-state index contributed by atoms with van der Waals surface area (Å²) in [4.78, 5) is 21.7. The van der Waals surface area contributed by atoms with Gasteiger partial charge in [-0.25, -0.2) is 4.79 Å². The molecule has 0 atom stereocenters. The lowest BCUT2D eigenvalue weighted by atomic mass is 9.99. The summed E-state index contributed by atoms with van der Waals surface area (Å²) >= 11 is 0. The fraction of sp³-hybridized carbons (Fsp3) is 0.818. The van der Waals surface area contributed by atoms with E-state index in [-0.39, 0.29) is 12.3 Å². The average Bonchev–Trinajstić information content (AvgIpc) is 2.11. The van der Waals surface area contributed by atoms with Gasteiger partial charge in [-0.3, -0.25) is 4.79 Å². The van der Waals surface area contributed by atoms with Gasteiger partial charge >= 0.3 is 12.1 Å². The highest BCUT2D eigenvalue weighted by Gasteiger charge is 2.22. The smallest absolute Gasteiger partial charge is 0.407 e. The molecular formula is C11H21NO4. The van der Waals surface area contributed by atoms with E-state index in [9.17, 15) is 9.59 Å². The number of amides is 1. The Labute approximate surface area is 96.2 Å². The van der Waals surface area contributed by atoms with Crippen LogP contribution >= 0.6 is 0 Å². The van der Waals surface area contributed by atoms with Gasteiger partial charge in [-0.05, 0) is 26.2 Å². The van der Waals surface area contributed by atoms with Crippen molar-refractivity contribution in [2.45, 2.75) is 46.1 Å². The van der Waals surface area contributed by atoms with Crippen molar-refractivity contribution >= 4 is 12.1 Å². The molecule has 0 fully saturated rings. The molecule has 0 bridgehead atoms. The first kappa shape index (κ1) is 14.7. The molecule has 0 aromatic rings. The largest absolute Gasteiger partial charge is 0.481 e. The van der Waals surface area contributed by atoms with Gasteiger partial charge in [-0.2, -0.15) is 0 Å². The lowest BCUT2D eigenvalue weighted by molar-refractivity contribution is -0.137. The number of aliphatic carboxylic acids is 1. The zero-order valence-electron chi connectivity index (χ0n) is 10.4. The lowest BCUT2D eigenvalue weighted by Gasteiger charge is -2.25. The summed E-state index contributed by atoms with van der Waals surface area (Å²) in [5.41, 5.74) is -0.563. The van der Waals surface area contributed by atoms with E-state index >= 15 is 0 Å². The number of hydrogen-bond donors (Lipinski definition) is 2. The molecule has 1 amide bonds. The number of rotatable bonds is 6. The van der Waals surface area contributed by atoms with E-state index in [4.69, 9.17) is 9.84 Å².